The van der Waals surface area contributed by atoms with E-state index in [4.69, 9.17) is 17.0 Å². The lowest BCUT2D eigenvalue weighted by atomic mass is 10.0. The molecule has 4 aromatic rings. The minimum Gasteiger partial charge on any atom is -0.488 e. The van der Waals surface area contributed by atoms with Gasteiger partial charge in [0, 0.05) is 10.0 Å². The quantitative estimate of drug-likeness (QED) is 0.162. The maximum Gasteiger partial charge on any atom is 0.270 e. The maximum atomic E-state index is 13.5. The third-order valence-electron chi connectivity index (χ3n) is 6.24. The molecule has 0 radical (unpaired) electrons. The molecule has 1 saturated heterocycles. The smallest absolute Gasteiger partial charge is 0.270 e. The predicted molar refractivity (Wildman–Crippen MR) is 154 cm³/mol. The first-order valence-electron chi connectivity index (χ1n) is 11.8. The van der Waals surface area contributed by atoms with Crippen molar-refractivity contribution in [3.05, 3.63) is 112 Å². The van der Waals surface area contributed by atoms with Crippen LogP contribution in [0.15, 0.2) is 95.0 Å². The molecule has 1 aliphatic rings. The molecule has 1 heterocycles. The molecular weight excluding hydrogens is 548 g/mol. The minimum absolute atomic E-state index is 0.0266. The van der Waals surface area contributed by atoms with Crippen molar-refractivity contribution in [3.63, 3.8) is 0 Å². The SMILES string of the molecule is CCc1ccc(N2C(=O)/C(=C/c3cc(Br)ccc3OCc3cccc4ccccc34)C(=O)NC2=S)cc1. The number of hydrogen-bond donors (Lipinski definition) is 1. The van der Waals surface area contributed by atoms with Gasteiger partial charge in [-0.2, -0.15) is 0 Å². The van der Waals surface area contributed by atoms with E-state index in [1.807, 2.05) is 66.7 Å². The van der Waals surface area contributed by atoms with E-state index in [9.17, 15) is 9.59 Å². The topological polar surface area (TPSA) is 58.6 Å². The van der Waals surface area contributed by atoms with Crippen LogP contribution in [0.25, 0.3) is 16.8 Å². The Morgan fingerprint density at radius 3 is 2.51 bits per heavy atom. The molecule has 1 aliphatic heterocycles. The highest BCUT2D eigenvalue weighted by Crippen LogP contribution is 2.29. The van der Waals surface area contributed by atoms with Crippen molar-refractivity contribution in [2.24, 2.45) is 0 Å². The van der Waals surface area contributed by atoms with Crippen LogP contribution in [0, 0.1) is 0 Å². The number of fused-ring (bicyclic) bond motifs is 1. The number of aryl methyl sites for hydroxylation is 1. The van der Waals surface area contributed by atoms with E-state index in [1.165, 1.54) is 4.90 Å². The lowest BCUT2D eigenvalue weighted by molar-refractivity contribution is -0.122. The summed E-state index contributed by atoms with van der Waals surface area (Å²) in [5, 5.41) is 4.95. The van der Waals surface area contributed by atoms with Crippen molar-refractivity contribution in [2.45, 2.75) is 20.0 Å². The zero-order valence-corrected chi connectivity index (χ0v) is 22.4. The predicted octanol–water partition coefficient (Wildman–Crippen LogP) is 6.58. The van der Waals surface area contributed by atoms with E-state index in [1.54, 1.807) is 6.08 Å². The third kappa shape index (κ3) is 5.19. The zero-order chi connectivity index (χ0) is 25.9. The first-order valence-corrected chi connectivity index (χ1v) is 13.0. The molecule has 0 atom stereocenters. The Kier molecular flexibility index (Phi) is 7.17. The molecular formula is C30H23BrN2O3S. The van der Waals surface area contributed by atoms with Crippen molar-refractivity contribution >= 4 is 67.6 Å². The Morgan fingerprint density at radius 2 is 1.73 bits per heavy atom. The molecule has 2 amide bonds. The van der Waals surface area contributed by atoms with Crippen molar-refractivity contribution in [3.8, 4) is 5.75 Å². The molecule has 0 unspecified atom stereocenters. The molecule has 0 bridgehead atoms. The van der Waals surface area contributed by atoms with Crippen LogP contribution in [-0.4, -0.2) is 16.9 Å². The number of carbonyl (C=O) groups is 2. The third-order valence-corrected chi connectivity index (χ3v) is 7.02. The number of amides is 2. The summed E-state index contributed by atoms with van der Waals surface area (Å²) in [4.78, 5) is 27.7. The Labute approximate surface area is 228 Å². The Morgan fingerprint density at radius 1 is 0.973 bits per heavy atom. The molecule has 184 valence electrons. The van der Waals surface area contributed by atoms with Crippen LogP contribution in [0.2, 0.25) is 0 Å². The number of ether oxygens (including phenoxy) is 1. The highest BCUT2D eigenvalue weighted by molar-refractivity contribution is 9.10. The maximum absolute atomic E-state index is 13.5. The van der Waals surface area contributed by atoms with Gasteiger partial charge in [0.05, 0.1) is 5.69 Å². The summed E-state index contributed by atoms with van der Waals surface area (Å²) in [5.74, 6) is -0.481. The number of anilines is 1. The van der Waals surface area contributed by atoms with Crippen LogP contribution in [-0.2, 0) is 22.6 Å². The van der Waals surface area contributed by atoms with Gasteiger partial charge in [-0.05, 0) is 76.9 Å². The fourth-order valence-electron chi connectivity index (χ4n) is 4.27. The largest absolute Gasteiger partial charge is 0.488 e. The fraction of sp³-hybridized carbons (Fsp3) is 0.100. The zero-order valence-electron chi connectivity index (χ0n) is 20.0. The molecule has 1 N–H and O–H groups in total. The molecule has 5 nitrogen and oxygen atoms in total. The van der Waals surface area contributed by atoms with E-state index in [0.29, 0.717) is 23.6 Å². The average molecular weight is 571 g/mol. The number of benzene rings is 4. The van der Waals surface area contributed by atoms with Gasteiger partial charge in [0.1, 0.15) is 17.9 Å². The van der Waals surface area contributed by atoms with Crippen LogP contribution >= 0.6 is 28.1 Å². The molecule has 5 rings (SSSR count). The number of hydrogen-bond acceptors (Lipinski definition) is 4. The summed E-state index contributed by atoms with van der Waals surface area (Å²) in [6.07, 6.45) is 2.43. The second-order valence-corrected chi connectivity index (χ2v) is 9.89. The van der Waals surface area contributed by atoms with Crippen LogP contribution in [0.5, 0.6) is 5.75 Å². The standard InChI is InChI=1S/C30H23BrN2O3S/c1-2-19-10-13-24(14-11-19)33-29(35)26(28(34)32-30(33)37)17-22-16-23(31)12-15-27(22)36-18-21-8-5-7-20-6-3-4-9-25(20)21/h3-17H,2,18H2,1H3,(H,32,34,37)/b26-17+. The molecule has 1 fully saturated rings. The Balaban J connectivity index is 1.47. The number of thiocarbonyl (C=S) groups is 1. The molecule has 37 heavy (non-hydrogen) atoms. The normalized spacial score (nSPS) is 14.8. The van der Waals surface area contributed by atoms with Crippen LogP contribution < -0.4 is 15.0 Å². The number of rotatable bonds is 6. The summed E-state index contributed by atoms with van der Waals surface area (Å²) >= 11 is 8.83. The fourth-order valence-corrected chi connectivity index (χ4v) is 4.93. The lowest BCUT2D eigenvalue weighted by Crippen LogP contribution is -2.54. The first kappa shape index (κ1) is 24.9. The second kappa shape index (κ2) is 10.7. The van der Waals surface area contributed by atoms with Crippen molar-refractivity contribution in [2.75, 3.05) is 4.90 Å². The molecule has 0 saturated carbocycles. The number of nitrogens with zero attached hydrogens (tertiary/aromatic N) is 1. The average Bonchev–Trinajstić information content (AvgIpc) is 2.91. The summed E-state index contributed by atoms with van der Waals surface area (Å²) in [5.41, 5.74) is 3.35. The first-order chi connectivity index (χ1) is 17.9. The van der Waals surface area contributed by atoms with Gasteiger partial charge in [-0.25, -0.2) is 0 Å². The van der Waals surface area contributed by atoms with Crippen molar-refractivity contribution in [1.29, 1.82) is 0 Å². The summed E-state index contributed by atoms with van der Waals surface area (Å²) in [6, 6.07) is 27.3. The molecule has 4 aromatic carbocycles. The van der Waals surface area contributed by atoms with Gasteiger partial charge >= 0.3 is 0 Å². The molecule has 0 aromatic heterocycles. The van der Waals surface area contributed by atoms with Gasteiger partial charge in [0.15, 0.2) is 5.11 Å². The second-order valence-electron chi connectivity index (χ2n) is 8.59. The van der Waals surface area contributed by atoms with E-state index in [-0.39, 0.29) is 10.7 Å². The van der Waals surface area contributed by atoms with Gasteiger partial charge in [0.25, 0.3) is 11.8 Å². The Bertz CT molecular complexity index is 1560. The van der Waals surface area contributed by atoms with Crippen LogP contribution in [0.1, 0.15) is 23.6 Å². The molecule has 7 heteroatoms. The highest BCUT2D eigenvalue weighted by Gasteiger charge is 2.34. The number of carbonyl (C=O) groups excluding carboxylic acids is 2. The van der Waals surface area contributed by atoms with Gasteiger partial charge in [-0.1, -0.05) is 77.5 Å². The van der Waals surface area contributed by atoms with Crippen LogP contribution in [0.4, 0.5) is 5.69 Å². The summed E-state index contributed by atoms with van der Waals surface area (Å²) in [6.45, 7) is 2.39. The number of halogens is 1. The minimum atomic E-state index is -0.545. The van der Waals surface area contributed by atoms with Gasteiger partial charge in [0.2, 0.25) is 0 Å². The summed E-state index contributed by atoms with van der Waals surface area (Å²) in [7, 11) is 0. The van der Waals surface area contributed by atoms with Gasteiger partial charge in [-0.15, -0.1) is 0 Å². The highest BCUT2D eigenvalue weighted by atomic mass is 79.9. The lowest BCUT2D eigenvalue weighted by Gasteiger charge is -2.29. The Hall–Kier alpha value is -3.81. The van der Waals surface area contributed by atoms with Crippen LogP contribution in [0.3, 0.4) is 0 Å². The van der Waals surface area contributed by atoms with Gasteiger partial charge in [-0.3, -0.25) is 19.8 Å². The monoisotopic (exact) mass is 570 g/mol. The van der Waals surface area contributed by atoms with Gasteiger partial charge < -0.3 is 4.74 Å². The van der Waals surface area contributed by atoms with E-state index >= 15 is 0 Å². The van der Waals surface area contributed by atoms with Crippen molar-refractivity contribution < 1.29 is 14.3 Å². The van der Waals surface area contributed by atoms with E-state index in [0.717, 1.165) is 32.8 Å². The van der Waals surface area contributed by atoms with E-state index in [2.05, 4.69) is 46.4 Å². The van der Waals surface area contributed by atoms with E-state index < -0.39 is 11.8 Å². The molecule has 0 aliphatic carbocycles. The summed E-state index contributed by atoms with van der Waals surface area (Å²) < 4.78 is 7.00. The molecule has 0 spiro atoms. The number of nitrogens with one attached hydrogen (secondary N) is 1. The van der Waals surface area contributed by atoms with Crippen molar-refractivity contribution in [1.82, 2.24) is 5.32 Å².